The lowest BCUT2D eigenvalue weighted by molar-refractivity contribution is 0.401. The first-order valence-electron chi connectivity index (χ1n) is 6.03. The summed E-state index contributed by atoms with van der Waals surface area (Å²) in [6.07, 6.45) is 4.02. The summed E-state index contributed by atoms with van der Waals surface area (Å²) in [7, 11) is -3.42. The Morgan fingerprint density at radius 2 is 1.76 bits per heavy atom. The van der Waals surface area contributed by atoms with Crippen molar-refractivity contribution >= 4 is 10.2 Å². The first kappa shape index (κ1) is 14.4. The molecule has 0 spiro atoms. The van der Waals surface area contributed by atoms with Crippen LogP contribution in [-0.2, 0) is 10.2 Å². The molecule has 98 valence electrons. The summed E-state index contributed by atoms with van der Waals surface area (Å²) >= 11 is 0. The molecule has 5 nitrogen and oxygen atoms in total. The van der Waals surface area contributed by atoms with Crippen LogP contribution in [0.2, 0.25) is 0 Å². The molecule has 1 heterocycles. The van der Waals surface area contributed by atoms with Gasteiger partial charge in [-0.05, 0) is 26.7 Å². The monoisotopic (exact) mass is 259 g/mol. The molecule has 0 atom stereocenters. The highest BCUT2D eigenvalue weighted by molar-refractivity contribution is 7.87. The van der Waals surface area contributed by atoms with Gasteiger partial charge in [0.25, 0.3) is 10.2 Å². The highest BCUT2D eigenvalue weighted by Gasteiger charge is 2.26. The lowest BCUT2D eigenvalue weighted by atomic mass is 9.97. The molecule has 1 saturated heterocycles. The van der Waals surface area contributed by atoms with Gasteiger partial charge in [-0.3, -0.25) is 0 Å². The number of hydrogen-bond acceptors (Lipinski definition) is 3. The van der Waals surface area contributed by atoms with E-state index in [0.717, 1.165) is 25.7 Å². The van der Waals surface area contributed by atoms with Gasteiger partial charge in [0.15, 0.2) is 0 Å². The van der Waals surface area contributed by atoms with Gasteiger partial charge in [0.2, 0.25) is 0 Å². The van der Waals surface area contributed by atoms with Crippen molar-refractivity contribution in [2.24, 2.45) is 5.41 Å². The molecule has 0 aliphatic carbocycles. The van der Waals surface area contributed by atoms with E-state index in [-0.39, 0.29) is 6.54 Å². The van der Waals surface area contributed by atoms with E-state index in [2.05, 4.69) is 10.8 Å². The summed E-state index contributed by atoms with van der Waals surface area (Å²) in [4.78, 5) is 0. The highest BCUT2D eigenvalue weighted by atomic mass is 32.2. The van der Waals surface area contributed by atoms with E-state index < -0.39 is 15.6 Å². The maximum Gasteiger partial charge on any atom is 0.279 e. The first-order chi connectivity index (χ1) is 7.87. The summed E-state index contributed by atoms with van der Waals surface area (Å²) in [5.41, 5.74) is -0.668. The number of nitrogens with zero attached hydrogens (tertiary/aromatic N) is 2. The molecule has 1 aliphatic heterocycles. The molecular weight excluding hydrogens is 238 g/mol. The molecule has 0 radical (unpaired) electrons. The minimum atomic E-state index is -3.42. The Balaban J connectivity index is 2.59. The van der Waals surface area contributed by atoms with Crippen LogP contribution in [0.15, 0.2) is 0 Å². The van der Waals surface area contributed by atoms with Crippen molar-refractivity contribution in [3.63, 3.8) is 0 Å². The SMILES string of the molecule is CC(C)(C#N)CNS(=O)(=O)N1CCCCCC1. The second kappa shape index (κ2) is 5.80. The van der Waals surface area contributed by atoms with Crippen molar-refractivity contribution in [3.8, 4) is 6.07 Å². The fourth-order valence-electron chi connectivity index (χ4n) is 1.68. The molecular formula is C11H21N3O2S. The van der Waals surface area contributed by atoms with Crippen molar-refractivity contribution in [3.05, 3.63) is 0 Å². The second-order valence-electron chi connectivity index (χ2n) is 5.14. The Bertz CT molecular complexity index is 376. The fourth-order valence-corrected chi connectivity index (χ4v) is 3.15. The van der Waals surface area contributed by atoms with Gasteiger partial charge in [0.05, 0.1) is 11.5 Å². The third-order valence-electron chi connectivity index (χ3n) is 2.90. The average Bonchev–Trinajstić information content (AvgIpc) is 2.56. The summed E-state index contributed by atoms with van der Waals surface area (Å²) in [6, 6.07) is 2.08. The predicted octanol–water partition coefficient (Wildman–Crippen LogP) is 1.25. The number of nitriles is 1. The van der Waals surface area contributed by atoms with Crippen LogP contribution in [0.3, 0.4) is 0 Å². The van der Waals surface area contributed by atoms with E-state index >= 15 is 0 Å². The molecule has 1 aliphatic rings. The fraction of sp³-hybridized carbons (Fsp3) is 0.909. The maximum atomic E-state index is 12.0. The molecule has 0 amide bonds. The van der Waals surface area contributed by atoms with E-state index in [1.807, 2.05) is 0 Å². The number of rotatable bonds is 4. The summed E-state index contributed by atoms with van der Waals surface area (Å²) in [5.74, 6) is 0. The Morgan fingerprint density at radius 3 is 2.24 bits per heavy atom. The molecule has 1 fully saturated rings. The number of nitrogens with one attached hydrogen (secondary N) is 1. The molecule has 0 aromatic rings. The van der Waals surface area contributed by atoms with Gasteiger partial charge in [-0.25, -0.2) is 4.72 Å². The maximum absolute atomic E-state index is 12.0. The highest BCUT2D eigenvalue weighted by Crippen LogP contribution is 2.15. The molecule has 6 heteroatoms. The van der Waals surface area contributed by atoms with Crippen molar-refractivity contribution in [2.45, 2.75) is 39.5 Å². The largest absolute Gasteiger partial charge is 0.279 e. The molecule has 17 heavy (non-hydrogen) atoms. The molecule has 0 unspecified atom stereocenters. The second-order valence-corrected chi connectivity index (χ2v) is 6.89. The summed E-state index contributed by atoms with van der Waals surface area (Å²) in [5, 5.41) is 8.85. The van der Waals surface area contributed by atoms with Crippen LogP contribution in [0.5, 0.6) is 0 Å². The number of hydrogen-bond donors (Lipinski definition) is 1. The minimum absolute atomic E-state index is 0.155. The zero-order valence-electron chi connectivity index (χ0n) is 10.6. The third-order valence-corrected chi connectivity index (χ3v) is 4.46. The van der Waals surface area contributed by atoms with Crippen molar-refractivity contribution in [2.75, 3.05) is 19.6 Å². The van der Waals surface area contributed by atoms with Gasteiger partial charge in [-0.15, -0.1) is 0 Å². The molecule has 0 bridgehead atoms. The molecule has 1 rings (SSSR count). The Morgan fingerprint density at radius 1 is 1.24 bits per heavy atom. The van der Waals surface area contributed by atoms with Gasteiger partial charge in [-0.2, -0.15) is 18.0 Å². The topological polar surface area (TPSA) is 73.2 Å². The van der Waals surface area contributed by atoms with Crippen molar-refractivity contribution in [1.29, 1.82) is 5.26 Å². The lowest BCUT2D eigenvalue weighted by Crippen LogP contribution is -2.44. The van der Waals surface area contributed by atoms with Gasteiger partial charge >= 0.3 is 0 Å². The first-order valence-corrected chi connectivity index (χ1v) is 7.47. The average molecular weight is 259 g/mol. The smallest absolute Gasteiger partial charge is 0.201 e. The minimum Gasteiger partial charge on any atom is -0.201 e. The van der Waals surface area contributed by atoms with Crippen molar-refractivity contribution < 1.29 is 8.42 Å². The van der Waals surface area contributed by atoms with E-state index in [4.69, 9.17) is 5.26 Å². The van der Waals surface area contributed by atoms with Gasteiger partial charge < -0.3 is 0 Å². The Kier molecular flexibility index (Phi) is 4.92. The van der Waals surface area contributed by atoms with Crippen LogP contribution >= 0.6 is 0 Å². The summed E-state index contributed by atoms with van der Waals surface area (Å²) in [6.45, 7) is 4.77. The van der Waals surface area contributed by atoms with Gasteiger partial charge in [-0.1, -0.05) is 12.8 Å². The zero-order chi connectivity index (χ0) is 12.9. The quantitative estimate of drug-likeness (QED) is 0.825. The Hall–Kier alpha value is -0.640. The lowest BCUT2D eigenvalue weighted by Gasteiger charge is -2.23. The van der Waals surface area contributed by atoms with E-state index in [9.17, 15) is 8.42 Å². The summed E-state index contributed by atoms with van der Waals surface area (Å²) < 4.78 is 28.0. The van der Waals surface area contributed by atoms with E-state index in [1.165, 1.54) is 4.31 Å². The van der Waals surface area contributed by atoms with E-state index in [1.54, 1.807) is 13.8 Å². The van der Waals surface area contributed by atoms with Crippen molar-refractivity contribution in [1.82, 2.24) is 9.03 Å². The molecule has 0 saturated carbocycles. The van der Waals surface area contributed by atoms with Crippen LogP contribution in [0.25, 0.3) is 0 Å². The van der Waals surface area contributed by atoms with Crippen LogP contribution in [0.1, 0.15) is 39.5 Å². The predicted molar refractivity (Wildman–Crippen MR) is 66.4 cm³/mol. The Labute approximate surface area is 104 Å². The van der Waals surface area contributed by atoms with Crippen LogP contribution in [0.4, 0.5) is 0 Å². The zero-order valence-corrected chi connectivity index (χ0v) is 11.4. The van der Waals surface area contributed by atoms with Gasteiger partial charge in [0, 0.05) is 19.6 Å². The van der Waals surface area contributed by atoms with Crippen LogP contribution in [0, 0.1) is 16.7 Å². The molecule has 0 aromatic heterocycles. The van der Waals surface area contributed by atoms with E-state index in [0.29, 0.717) is 13.1 Å². The normalized spacial score (nSPS) is 19.6. The molecule has 1 N–H and O–H groups in total. The van der Waals surface area contributed by atoms with Crippen LogP contribution < -0.4 is 4.72 Å². The standard InChI is InChI=1S/C11H21N3O2S/c1-11(2,9-12)10-13-17(15,16)14-7-5-3-4-6-8-14/h13H,3-8,10H2,1-2H3. The van der Waals surface area contributed by atoms with Crippen LogP contribution in [-0.4, -0.2) is 32.4 Å². The van der Waals surface area contributed by atoms with Gasteiger partial charge in [0.1, 0.15) is 0 Å². The third kappa shape index (κ3) is 4.62. The molecule has 0 aromatic carbocycles.